The minimum Gasteiger partial charge on any atom is -0.481 e. The molecule has 0 saturated heterocycles. The third-order valence-electron chi connectivity index (χ3n) is 1.77. The summed E-state index contributed by atoms with van der Waals surface area (Å²) in [5.41, 5.74) is -0.314. The number of aromatic nitrogens is 1. The highest BCUT2D eigenvalue weighted by Gasteiger charge is 2.35. The number of pyridine rings is 1. The van der Waals surface area contributed by atoms with E-state index in [-0.39, 0.29) is 11.6 Å². The fourth-order valence-corrected chi connectivity index (χ4v) is 2.13. The number of halogens is 4. The molecule has 1 aromatic heterocycles. The Hall–Kier alpha value is -1.22. The van der Waals surface area contributed by atoms with E-state index < -0.39 is 26.1 Å². The maximum absolute atomic E-state index is 12.2. The zero-order chi connectivity index (χ0) is 14.1. The van der Waals surface area contributed by atoms with Crippen LogP contribution in [0.4, 0.5) is 13.2 Å². The normalized spacial score (nSPS) is 12.3. The topological polar surface area (TPSA) is 65.5 Å². The summed E-state index contributed by atoms with van der Waals surface area (Å²) >= 11 is 0. The molecule has 10 heteroatoms. The van der Waals surface area contributed by atoms with Crippen LogP contribution >= 0.6 is 10.7 Å². The average Bonchev–Trinajstić information content (AvgIpc) is 2.17. The summed E-state index contributed by atoms with van der Waals surface area (Å²) in [5.74, 6) is -1.17. The van der Waals surface area contributed by atoms with Crippen LogP contribution < -0.4 is 9.47 Å². The highest BCUT2D eigenvalue weighted by Crippen LogP contribution is 2.35. The number of hydrogen-bond acceptors (Lipinski definition) is 5. The predicted molar refractivity (Wildman–Crippen MR) is 55.2 cm³/mol. The maximum atomic E-state index is 12.2. The van der Waals surface area contributed by atoms with E-state index in [1.54, 1.807) is 0 Å². The van der Waals surface area contributed by atoms with E-state index in [1.165, 1.54) is 7.11 Å². The van der Waals surface area contributed by atoms with Crippen LogP contribution in [0.15, 0.2) is 11.0 Å². The van der Waals surface area contributed by atoms with Crippen LogP contribution in [0.25, 0.3) is 0 Å². The van der Waals surface area contributed by atoms with Gasteiger partial charge >= 0.3 is 6.36 Å². The van der Waals surface area contributed by atoms with Crippen LogP contribution in [-0.2, 0) is 9.05 Å². The number of methoxy groups -OCH3 is 1. The van der Waals surface area contributed by atoms with Crippen LogP contribution in [-0.4, -0.2) is 26.9 Å². The Bertz CT molecular complexity index is 558. The molecule has 0 atom stereocenters. The fourth-order valence-electron chi connectivity index (χ4n) is 1.13. The molecule has 0 saturated carbocycles. The zero-order valence-electron chi connectivity index (χ0n) is 9.08. The van der Waals surface area contributed by atoms with Gasteiger partial charge in [0, 0.05) is 16.7 Å². The number of alkyl halides is 3. The summed E-state index contributed by atoms with van der Waals surface area (Å²) in [6, 6.07) is 0.746. The zero-order valence-corrected chi connectivity index (χ0v) is 10.7. The summed E-state index contributed by atoms with van der Waals surface area (Å²) in [6.07, 6.45) is -5.06. The van der Waals surface area contributed by atoms with Gasteiger partial charge in [-0.2, -0.15) is 0 Å². The molecule has 18 heavy (non-hydrogen) atoms. The summed E-state index contributed by atoms with van der Waals surface area (Å²) < 4.78 is 67.1. The second-order valence-corrected chi connectivity index (χ2v) is 5.60. The van der Waals surface area contributed by atoms with Crippen molar-refractivity contribution >= 4 is 19.7 Å². The highest BCUT2D eigenvalue weighted by molar-refractivity contribution is 8.13. The average molecular weight is 306 g/mol. The quantitative estimate of drug-likeness (QED) is 0.801. The lowest BCUT2D eigenvalue weighted by Gasteiger charge is -2.14. The van der Waals surface area contributed by atoms with Crippen molar-refractivity contribution in [2.45, 2.75) is 18.2 Å². The molecular formula is C8H7ClF3NO4S. The van der Waals surface area contributed by atoms with Crippen molar-refractivity contribution in [2.24, 2.45) is 0 Å². The molecule has 1 aromatic rings. The molecule has 1 rings (SSSR count). The molecule has 0 unspecified atom stereocenters. The van der Waals surface area contributed by atoms with Crippen molar-refractivity contribution in [3.63, 3.8) is 0 Å². The molecule has 0 amide bonds. The van der Waals surface area contributed by atoms with E-state index in [4.69, 9.17) is 10.7 Å². The molecule has 0 aliphatic carbocycles. The lowest BCUT2D eigenvalue weighted by atomic mass is 10.3. The largest absolute Gasteiger partial charge is 0.573 e. The Balaban J connectivity index is 3.49. The summed E-state index contributed by atoms with van der Waals surface area (Å²) in [6.45, 7) is 1.13. The van der Waals surface area contributed by atoms with Crippen molar-refractivity contribution in [2.75, 3.05) is 7.11 Å². The SMILES string of the molecule is COc1cc(S(=O)(=O)Cl)c(OC(F)(F)F)c(C)n1. The standard InChI is InChI=1S/C8H7ClF3NO4S/c1-4-7(17-8(10,11)12)5(18(9,14)15)3-6(13-4)16-2/h3H,1-2H3. The second-order valence-electron chi connectivity index (χ2n) is 3.06. The molecule has 1 heterocycles. The number of nitrogens with zero attached hydrogens (tertiary/aromatic N) is 1. The van der Waals surface area contributed by atoms with Gasteiger partial charge in [-0.1, -0.05) is 0 Å². The minimum atomic E-state index is -5.06. The first-order chi connectivity index (χ1) is 8.04. The Labute approximate surface area is 105 Å². The predicted octanol–water partition coefficient (Wildman–Crippen LogP) is 2.22. The molecule has 0 fully saturated rings. The lowest BCUT2D eigenvalue weighted by Crippen LogP contribution is -2.19. The first-order valence-electron chi connectivity index (χ1n) is 4.30. The van der Waals surface area contributed by atoms with Crippen LogP contribution in [0.2, 0.25) is 0 Å². The van der Waals surface area contributed by atoms with Crippen LogP contribution in [0, 0.1) is 6.92 Å². The van der Waals surface area contributed by atoms with Gasteiger partial charge in [0.15, 0.2) is 5.75 Å². The van der Waals surface area contributed by atoms with Crippen molar-refractivity contribution < 1.29 is 31.1 Å². The molecule has 0 aromatic carbocycles. The van der Waals surface area contributed by atoms with E-state index in [9.17, 15) is 21.6 Å². The third kappa shape index (κ3) is 3.64. The van der Waals surface area contributed by atoms with Gasteiger partial charge in [-0.05, 0) is 6.92 Å². The number of rotatable bonds is 3. The molecule has 102 valence electrons. The molecule has 0 N–H and O–H groups in total. The molecule has 0 radical (unpaired) electrons. The van der Waals surface area contributed by atoms with Crippen molar-refractivity contribution in [3.8, 4) is 11.6 Å². The van der Waals surface area contributed by atoms with Gasteiger partial charge in [-0.25, -0.2) is 13.4 Å². The second kappa shape index (κ2) is 4.81. The van der Waals surface area contributed by atoms with Gasteiger partial charge in [0.1, 0.15) is 4.90 Å². The third-order valence-corrected chi connectivity index (χ3v) is 3.10. The number of ether oxygens (including phenoxy) is 2. The fraction of sp³-hybridized carbons (Fsp3) is 0.375. The molecule has 5 nitrogen and oxygen atoms in total. The minimum absolute atomic E-state index is 0.193. The van der Waals surface area contributed by atoms with E-state index in [1.807, 2.05) is 0 Å². The van der Waals surface area contributed by atoms with E-state index in [0.717, 1.165) is 13.0 Å². The van der Waals surface area contributed by atoms with Gasteiger partial charge in [0.05, 0.1) is 12.8 Å². The summed E-state index contributed by atoms with van der Waals surface area (Å²) in [4.78, 5) is 2.72. The van der Waals surface area contributed by atoms with Gasteiger partial charge in [-0.15, -0.1) is 13.2 Å². The Kier molecular flexibility index (Phi) is 3.96. The van der Waals surface area contributed by atoms with Gasteiger partial charge in [-0.3, -0.25) is 0 Å². The van der Waals surface area contributed by atoms with E-state index in [0.29, 0.717) is 0 Å². The molecular weight excluding hydrogens is 299 g/mol. The van der Waals surface area contributed by atoms with Crippen molar-refractivity contribution in [1.82, 2.24) is 4.98 Å². The smallest absolute Gasteiger partial charge is 0.481 e. The lowest BCUT2D eigenvalue weighted by molar-refractivity contribution is -0.275. The monoisotopic (exact) mass is 305 g/mol. The highest BCUT2D eigenvalue weighted by atomic mass is 35.7. The van der Waals surface area contributed by atoms with Gasteiger partial charge in [0.2, 0.25) is 5.88 Å². The van der Waals surface area contributed by atoms with Crippen LogP contribution in [0.5, 0.6) is 11.6 Å². The Morgan fingerprint density at radius 1 is 1.39 bits per heavy atom. The van der Waals surface area contributed by atoms with Crippen molar-refractivity contribution in [1.29, 1.82) is 0 Å². The molecule has 0 spiro atoms. The van der Waals surface area contributed by atoms with Gasteiger partial charge < -0.3 is 9.47 Å². The van der Waals surface area contributed by atoms with E-state index in [2.05, 4.69) is 14.5 Å². The number of hydrogen-bond donors (Lipinski definition) is 0. The first kappa shape index (κ1) is 14.8. The van der Waals surface area contributed by atoms with E-state index >= 15 is 0 Å². The first-order valence-corrected chi connectivity index (χ1v) is 6.61. The summed E-state index contributed by atoms with van der Waals surface area (Å²) in [7, 11) is 1.78. The Morgan fingerprint density at radius 2 is 1.94 bits per heavy atom. The van der Waals surface area contributed by atoms with Crippen LogP contribution in [0.1, 0.15) is 5.69 Å². The Morgan fingerprint density at radius 3 is 2.33 bits per heavy atom. The molecule has 0 bridgehead atoms. The maximum Gasteiger partial charge on any atom is 0.573 e. The molecule has 0 aliphatic heterocycles. The van der Waals surface area contributed by atoms with Crippen LogP contribution in [0.3, 0.4) is 0 Å². The van der Waals surface area contributed by atoms with Gasteiger partial charge in [0.25, 0.3) is 9.05 Å². The van der Waals surface area contributed by atoms with Crippen molar-refractivity contribution in [3.05, 3.63) is 11.8 Å². The molecule has 0 aliphatic rings. The number of aryl methyl sites for hydroxylation is 1. The summed E-state index contributed by atoms with van der Waals surface area (Å²) in [5, 5.41) is 0.